The van der Waals surface area contributed by atoms with Gasteiger partial charge in [0.1, 0.15) is 5.82 Å². The van der Waals surface area contributed by atoms with Crippen molar-refractivity contribution >= 4 is 34.0 Å². The second-order valence-electron chi connectivity index (χ2n) is 7.80. The fourth-order valence-electron chi connectivity index (χ4n) is 3.34. The Morgan fingerprint density at radius 3 is 2.72 bits per heavy atom. The lowest BCUT2D eigenvalue weighted by Crippen LogP contribution is -2.39. The van der Waals surface area contributed by atoms with Gasteiger partial charge in [0.2, 0.25) is 5.95 Å². The highest BCUT2D eigenvalue weighted by Crippen LogP contribution is 2.33. The van der Waals surface area contributed by atoms with Gasteiger partial charge in [-0.15, -0.1) is 0 Å². The minimum absolute atomic E-state index is 0.283. The molecule has 0 bridgehead atoms. The summed E-state index contributed by atoms with van der Waals surface area (Å²) in [4.78, 5) is 17.1. The number of rotatable bonds is 8. The second kappa shape index (κ2) is 10.5. The minimum Gasteiger partial charge on any atom is -0.379 e. The van der Waals surface area contributed by atoms with Gasteiger partial charge >= 0.3 is 0 Å². The maximum atomic E-state index is 13.6. The van der Waals surface area contributed by atoms with Crippen molar-refractivity contribution in [3.8, 4) is 21.8 Å². The lowest BCUT2D eigenvalue weighted by molar-refractivity contribution is 0.0398. The normalized spacial score (nSPS) is 14.7. The van der Waals surface area contributed by atoms with Crippen LogP contribution in [-0.4, -0.2) is 65.3 Å². The molecule has 32 heavy (non-hydrogen) atoms. The summed E-state index contributed by atoms with van der Waals surface area (Å²) in [5.74, 6) is 0.113. The van der Waals surface area contributed by atoms with E-state index in [0.717, 1.165) is 48.6 Å². The predicted molar refractivity (Wildman–Crippen MR) is 128 cm³/mol. The fourth-order valence-corrected chi connectivity index (χ4v) is 4.53. The number of nitrogens with one attached hydrogen (secondary N) is 2. The van der Waals surface area contributed by atoms with Gasteiger partial charge < -0.3 is 15.4 Å². The molecule has 2 aromatic heterocycles. The molecule has 0 spiro atoms. The van der Waals surface area contributed by atoms with Gasteiger partial charge in [-0.3, -0.25) is 4.90 Å². The molecule has 0 saturated carbocycles. The van der Waals surface area contributed by atoms with Crippen LogP contribution in [0.1, 0.15) is 13.8 Å². The first-order valence-electron chi connectivity index (χ1n) is 10.6. The summed E-state index contributed by atoms with van der Waals surface area (Å²) in [5, 5.41) is 7.78. The molecule has 4 rings (SSSR count). The van der Waals surface area contributed by atoms with Crippen molar-refractivity contribution in [2.24, 2.45) is 0 Å². The Morgan fingerprint density at radius 1 is 1.19 bits per heavy atom. The molecule has 0 unspecified atom stereocenters. The van der Waals surface area contributed by atoms with Gasteiger partial charge in [-0.05, 0) is 38.1 Å². The third-order valence-electron chi connectivity index (χ3n) is 4.92. The molecule has 3 heterocycles. The first-order valence-corrected chi connectivity index (χ1v) is 11.8. The number of ether oxygens (including phenoxy) is 1. The van der Waals surface area contributed by atoms with E-state index >= 15 is 0 Å². The molecule has 1 aromatic carbocycles. The Balaban J connectivity index is 1.61. The van der Waals surface area contributed by atoms with E-state index in [1.807, 2.05) is 6.07 Å². The molecule has 1 saturated heterocycles. The number of benzene rings is 1. The first kappa shape index (κ1) is 22.8. The number of hydrogen-bond acceptors (Lipinski definition) is 8. The van der Waals surface area contributed by atoms with Gasteiger partial charge in [0, 0.05) is 44.0 Å². The summed E-state index contributed by atoms with van der Waals surface area (Å²) in [5.41, 5.74) is 2.01. The average Bonchev–Trinajstić information content (AvgIpc) is 3.22. The zero-order chi connectivity index (χ0) is 22.5. The summed E-state index contributed by atoms with van der Waals surface area (Å²) < 4.78 is 19.0. The van der Waals surface area contributed by atoms with E-state index in [-0.39, 0.29) is 11.9 Å². The van der Waals surface area contributed by atoms with Gasteiger partial charge in [0.05, 0.1) is 34.5 Å². The molecule has 7 nitrogen and oxygen atoms in total. The molecule has 0 atom stereocenters. The van der Waals surface area contributed by atoms with Crippen molar-refractivity contribution in [3.05, 3.63) is 41.3 Å². The highest BCUT2D eigenvalue weighted by Gasteiger charge is 2.15. The zero-order valence-corrected chi connectivity index (χ0v) is 19.6. The second-order valence-corrected chi connectivity index (χ2v) is 9.23. The number of morpholine rings is 1. The number of nitrogens with zero attached hydrogens (tertiary/aromatic N) is 4. The summed E-state index contributed by atoms with van der Waals surface area (Å²) in [6.07, 6.45) is 1.80. The molecule has 10 heteroatoms. The minimum atomic E-state index is -0.385. The average molecular weight is 477 g/mol. The summed E-state index contributed by atoms with van der Waals surface area (Å²) >= 11 is 7.85. The van der Waals surface area contributed by atoms with Crippen LogP contribution >= 0.6 is 22.9 Å². The van der Waals surface area contributed by atoms with E-state index in [1.54, 1.807) is 12.3 Å². The van der Waals surface area contributed by atoms with Gasteiger partial charge in [0.15, 0.2) is 5.13 Å². The maximum Gasteiger partial charge on any atom is 0.223 e. The summed E-state index contributed by atoms with van der Waals surface area (Å²) in [6.45, 7) is 9.06. The molecule has 0 aliphatic carbocycles. The standard InChI is InChI=1S/C22H26ClFN6OS/c1-14(2)27-22-26-13-20(32-22)19-12-18(16-4-3-15(24)11-17(16)23)28-21(29-19)25-5-6-30-7-9-31-10-8-30/h3-4,11-14H,5-10H2,1-2H3,(H,26,27)(H,25,28,29). The molecule has 0 amide bonds. The van der Waals surface area contributed by atoms with Crippen LogP contribution in [0.15, 0.2) is 30.5 Å². The highest BCUT2D eigenvalue weighted by molar-refractivity contribution is 7.18. The van der Waals surface area contributed by atoms with E-state index < -0.39 is 0 Å². The van der Waals surface area contributed by atoms with Crippen molar-refractivity contribution in [1.82, 2.24) is 19.9 Å². The van der Waals surface area contributed by atoms with Crippen molar-refractivity contribution < 1.29 is 9.13 Å². The number of halogens is 2. The van der Waals surface area contributed by atoms with E-state index in [4.69, 9.17) is 21.3 Å². The molecular weight excluding hydrogens is 451 g/mol. The van der Waals surface area contributed by atoms with Crippen LogP contribution in [0, 0.1) is 5.82 Å². The zero-order valence-electron chi connectivity index (χ0n) is 18.1. The fraction of sp³-hybridized carbons (Fsp3) is 0.409. The summed E-state index contributed by atoms with van der Waals surface area (Å²) in [6, 6.07) is 6.46. The van der Waals surface area contributed by atoms with Crippen LogP contribution in [0.4, 0.5) is 15.5 Å². The van der Waals surface area contributed by atoms with Gasteiger partial charge in [-0.2, -0.15) is 0 Å². The highest BCUT2D eigenvalue weighted by atomic mass is 35.5. The van der Waals surface area contributed by atoms with Crippen molar-refractivity contribution in [2.45, 2.75) is 19.9 Å². The maximum absolute atomic E-state index is 13.6. The largest absolute Gasteiger partial charge is 0.379 e. The SMILES string of the molecule is CC(C)Nc1ncc(-c2cc(-c3ccc(F)cc3Cl)nc(NCCN3CCOCC3)n2)s1. The molecule has 1 aliphatic rings. The monoisotopic (exact) mass is 476 g/mol. The quantitative estimate of drug-likeness (QED) is 0.491. The van der Waals surface area contributed by atoms with Crippen molar-refractivity contribution in [3.63, 3.8) is 0 Å². The predicted octanol–water partition coefficient (Wildman–Crippen LogP) is 4.62. The van der Waals surface area contributed by atoms with Crippen LogP contribution in [0.5, 0.6) is 0 Å². The van der Waals surface area contributed by atoms with Crippen molar-refractivity contribution in [2.75, 3.05) is 50.0 Å². The number of hydrogen-bond donors (Lipinski definition) is 2. The molecule has 0 radical (unpaired) electrons. The molecule has 1 aliphatic heterocycles. The van der Waals surface area contributed by atoms with Crippen LogP contribution < -0.4 is 10.6 Å². The van der Waals surface area contributed by atoms with Crippen LogP contribution in [0.3, 0.4) is 0 Å². The number of thiazole rings is 1. The van der Waals surface area contributed by atoms with E-state index in [1.165, 1.54) is 23.5 Å². The van der Waals surface area contributed by atoms with E-state index in [0.29, 0.717) is 28.8 Å². The van der Waals surface area contributed by atoms with Crippen LogP contribution in [-0.2, 0) is 4.74 Å². The molecule has 3 aromatic rings. The van der Waals surface area contributed by atoms with Gasteiger partial charge in [0.25, 0.3) is 0 Å². The summed E-state index contributed by atoms with van der Waals surface area (Å²) in [7, 11) is 0. The molecule has 2 N–H and O–H groups in total. The van der Waals surface area contributed by atoms with Gasteiger partial charge in [-0.1, -0.05) is 22.9 Å². The van der Waals surface area contributed by atoms with E-state index in [9.17, 15) is 4.39 Å². The smallest absolute Gasteiger partial charge is 0.223 e. The first-order chi connectivity index (χ1) is 15.5. The van der Waals surface area contributed by atoms with Crippen molar-refractivity contribution in [1.29, 1.82) is 0 Å². The Hall–Kier alpha value is -2.33. The number of aromatic nitrogens is 3. The van der Waals surface area contributed by atoms with Gasteiger partial charge in [-0.25, -0.2) is 19.3 Å². The Bertz CT molecular complexity index is 1060. The Labute approximate surface area is 196 Å². The van der Waals surface area contributed by atoms with E-state index in [2.05, 4.69) is 39.3 Å². The van der Waals surface area contributed by atoms with Crippen LogP contribution in [0.2, 0.25) is 5.02 Å². The molecular formula is C22H26ClFN6OS. The number of anilines is 2. The van der Waals surface area contributed by atoms with Crippen LogP contribution in [0.25, 0.3) is 21.8 Å². The Morgan fingerprint density at radius 2 is 1.97 bits per heavy atom. The third kappa shape index (κ3) is 5.92. The topological polar surface area (TPSA) is 75.2 Å². The Kier molecular flexibility index (Phi) is 7.51. The lowest BCUT2D eigenvalue weighted by Gasteiger charge is -2.26. The molecule has 170 valence electrons. The lowest BCUT2D eigenvalue weighted by atomic mass is 10.1. The molecule has 1 fully saturated rings. The third-order valence-corrected chi connectivity index (χ3v) is 6.18.